The molecule has 0 aliphatic carbocycles. The number of hydrogen-bond donors (Lipinski definition) is 1. The lowest BCUT2D eigenvalue weighted by molar-refractivity contribution is 0.201. The lowest BCUT2D eigenvalue weighted by Crippen LogP contribution is -2.11. The van der Waals surface area contributed by atoms with Crippen LogP contribution in [-0.2, 0) is 6.42 Å². The van der Waals surface area contributed by atoms with E-state index < -0.39 is 6.10 Å². The molecule has 12 heavy (non-hydrogen) atoms. The van der Waals surface area contributed by atoms with Crippen molar-refractivity contribution in [2.75, 3.05) is 5.33 Å². The van der Waals surface area contributed by atoms with Crippen LogP contribution in [0.2, 0.25) is 0 Å². The molecule has 0 aliphatic heterocycles. The second-order valence-electron chi connectivity index (χ2n) is 2.64. The number of aliphatic hydroxyl groups is 1. The average Bonchev–Trinajstić information content (AvgIpc) is 2.04. The molecule has 0 fully saturated rings. The van der Waals surface area contributed by atoms with E-state index in [0.717, 1.165) is 5.56 Å². The lowest BCUT2D eigenvalue weighted by Gasteiger charge is -2.05. The van der Waals surface area contributed by atoms with Crippen LogP contribution >= 0.6 is 15.9 Å². The number of alkyl halides is 1. The van der Waals surface area contributed by atoms with E-state index >= 15 is 0 Å². The molecule has 1 aromatic rings. The number of halogens is 2. The van der Waals surface area contributed by atoms with Gasteiger partial charge in [0.25, 0.3) is 0 Å². The van der Waals surface area contributed by atoms with Crippen LogP contribution in [0.5, 0.6) is 0 Å². The molecule has 0 radical (unpaired) electrons. The van der Waals surface area contributed by atoms with Gasteiger partial charge in [-0.1, -0.05) is 28.1 Å². The van der Waals surface area contributed by atoms with Gasteiger partial charge in [0.05, 0.1) is 6.10 Å². The third-order valence-corrected chi connectivity index (χ3v) is 2.29. The first-order valence-electron chi connectivity index (χ1n) is 3.71. The Morgan fingerprint density at radius 1 is 1.50 bits per heavy atom. The Hall–Kier alpha value is -0.410. The summed E-state index contributed by atoms with van der Waals surface area (Å²) in [5.74, 6) is -0.255. The minimum atomic E-state index is -0.438. The van der Waals surface area contributed by atoms with Crippen molar-refractivity contribution in [3.05, 3.63) is 35.6 Å². The van der Waals surface area contributed by atoms with Gasteiger partial charge in [-0.25, -0.2) is 4.39 Å². The van der Waals surface area contributed by atoms with Crippen molar-refractivity contribution in [3.63, 3.8) is 0 Å². The molecule has 0 aliphatic rings. The summed E-state index contributed by atoms with van der Waals surface area (Å²) < 4.78 is 12.6. The van der Waals surface area contributed by atoms with Crippen LogP contribution in [0.3, 0.4) is 0 Å². The zero-order valence-corrected chi connectivity index (χ0v) is 8.09. The Morgan fingerprint density at radius 3 is 2.83 bits per heavy atom. The van der Waals surface area contributed by atoms with Crippen molar-refractivity contribution >= 4 is 15.9 Å². The minimum Gasteiger partial charge on any atom is -0.392 e. The monoisotopic (exact) mass is 232 g/mol. The summed E-state index contributed by atoms with van der Waals surface area (Å²) in [6.07, 6.45) is 0.0509. The highest BCUT2D eigenvalue weighted by Gasteiger charge is 2.03. The van der Waals surface area contributed by atoms with Gasteiger partial charge < -0.3 is 5.11 Å². The first-order valence-corrected chi connectivity index (χ1v) is 4.83. The van der Waals surface area contributed by atoms with Crippen LogP contribution in [0.1, 0.15) is 5.56 Å². The van der Waals surface area contributed by atoms with Crippen LogP contribution < -0.4 is 0 Å². The van der Waals surface area contributed by atoms with E-state index in [1.807, 2.05) is 0 Å². The SMILES string of the molecule is O[C@H](CBr)Cc1cccc(F)c1. The second kappa shape index (κ2) is 4.58. The molecule has 0 heterocycles. The zero-order valence-electron chi connectivity index (χ0n) is 6.50. The first kappa shape index (κ1) is 9.68. The van der Waals surface area contributed by atoms with Gasteiger partial charge in [-0.05, 0) is 24.1 Å². The molecule has 0 saturated carbocycles. The van der Waals surface area contributed by atoms with Gasteiger partial charge in [0, 0.05) is 5.33 Å². The third kappa shape index (κ3) is 2.91. The predicted molar refractivity (Wildman–Crippen MR) is 49.9 cm³/mol. The van der Waals surface area contributed by atoms with Gasteiger partial charge in [-0.2, -0.15) is 0 Å². The molecule has 3 heteroatoms. The molecule has 1 N–H and O–H groups in total. The molecule has 0 aromatic heterocycles. The van der Waals surface area contributed by atoms with Crippen LogP contribution in [0.25, 0.3) is 0 Å². The number of rotatable bonds is 3. The molecule has 1 atom stereocenters. The molecule has 1 rings (SSSR count). The highest BCUT2D eigenvalue weighted by Crippen LogP contribution is 2.07. The molecule has 0 spiro atoms. The smallest absolute Gasteiger partial charge is 0.123 e. The molecule has 1 aromatic carbocycles. The van der Waals surface area contributed by atoms with Crippen molar-refractivity contribution in [3.8, 4) is 0 Å². The van der Waals surface area contributed by atoms with E-state index in [9.17, 15) is 9.50 Å². The van der Waals surface area contributed by atoms with Crippen LogP contribution in [0, 0.1) is 5.82 Å². The maximum absolute atomic E-state index is 12.6. The Balaban J connectivity index is 2.63. The summed E-state index contributed by atoms with van der Waals surface area (Å²) in [5.41, 5.74) is 0.821. The van der Waals surface area contributed by atoms with Crippen LogP contribution in [-0.4, -0.2) is 16.5 Å². The van der Waals surface area contributed by atoms with Crippen molar-refractivity contribution in [1.82, 2.24) is 0 Å². The number of aliphatic hydroxyl groups excluding tert-OH is 1. The number of benzene rings is 1. The van der Waals surface area contributed by atoms with E-state index in [0.29, 0.717) is 11.8 Å². The molecule has 0 unspecified atom stereocenters. The lowest BCUT2D eigenvalue weighted by atomic mass is 10.1. The normalized spacial score (nSPS) is 12.9. The van der Waals surface area contributed by atoms with Gasteiger partial charge in [-0.3, -0.25) is 0 Å². The topological polar surface area (TPSA) is 20.2 Å². The van der Waals surface area contributed by atoms with Gasteiger partial charge in [0.15, 0.2) is 0 Å². The maximum atomic E-state index is 12.6. The van der Waals surface area contributed by atoms with E-state index in [1.165, 1.54) is 12.1 Å². The predicted octanol–water partition coefficient (Wildman–Crippen LogP) is 2.12. The molecule has 1 nitrogen and oxygen atoms in total. The summed E-state index contributed by atoms with van der Waals surface area (Å²) in [5, 5.41) is 9.75. The van der Waals surface area contributed by atoms with Gasteiger partial charge in [0.2, 0.25) is 0 Å². The first-order chi connectivity index (χ1) is 5.72. The minimum absolute atomic E-state index is 0.255. The van der Waals surface area contributed by atoms with Crippen molar-refractivity contribution < 1.29 is 9.50 Å². The summed E-state index contributed by atoms with van der Waals surface area (Å²) in [7, 11) is 0. The largest absolute Gasteiger partial charge is 0.392 e. The Morgan fingerprint density at radius 2 is 2.25 bits per heavy atom. The summed E-state index contributed by atoms with van der Waals surface area (Å²) in [6.45, 7) is 0. The summed E-state index contributed by atoms with van der Waals surface area (Å²) >= 11 is 3.15. The van der Waals surface area contributed by atoms with Crippen molar-refractivity contribution in [1.29, 1.82) is 0 Å². The Labute approximate surface area is 79.4 Å². The van der Waals surface area contributed by atoms with Gasteiger partial charge >= 0.3 is 0 Å². The summed E-state index contributed by atoms with van der Waals surface area (Å²) in [6, 6.07) is 6.27. The summed E-state index contributed by atoms with van der Waals surface area (Å²) in [4.78, 5) is 0. The molecule has 0 saturated heterocycles. The highest BCUT2D eigenvalue weighted by molar-refractivity contribution is 9.09. The van der Waals surface area contributed by atoms with Crippen LogP contribution in [0.15, 0.2) is 24.3 Å². The zero-order chi connectivity index (χ0) is 8.97. The maximum Gasteiger partial charge on any atom is 0.123 e. The molecular formula is C9H10BrFO. The third-order valence-electron chi connectivity index (χ3n) is 1.54. The molecular weight excluding hydrogens is 223 g/mol. The fraction of sp³-hybridized carbons (Fsp3) is 0.333. The van der Waals surface area contributed by atoms with E-state index in [-0.39, 0.29) is 5.82 Å². The van der Waals surface area contributed by atoms with Crippen LogP contribution in [0.4, 0.5) is 4.39 Å². The molecule has 0 amide bonds. The van der Waals surface area contributed by atoms with E-state index in [4.69, 9.17) is 0 Å². The molecule has 66 valence electrons. The van der Waals surface area contributed by atoms with Gasteiger partial charge in [0.1, 0.15) is 5.82 Å². The fourth-order valence-corrected chi connectivity index (χ4v) is 1.22. The number of hydrogen-bond acceptors (Lipinski definition) is 1. The Bertz CT molecular complexity index is 252. The van der Waals surface area contributed by atoms with Gasteiger partial charge in [-0.15, -0.1) is 0 Å². The van der Waals surface area contributed by atoms with Crippen molar-refractivity contribution in [2.45, 2.75) is 12.5 Å². The Kier molecular flexibility index (Phi) is 3.69. The molecule has 0 bridgehead atoms. The second-order valence-corrected chi connectivity index (χ2v) is 3.29. The van der Waals surface area contributed by atoms with Crippen molar-refractivity contribution in [2.24, 2.45) is 0 Å². The van der Waals surface area contributed by atoms with E-state index in [2.05, 4.69) is 15.9 Å². The average molecular weight is 233 g/mol. The van der Waals surface area contributed by atoms with E-state index in [1.54, 1.807) is 12.1 Å². The fourth-order valence-electron chi connectivity index (χ4n) is 0.991. The quantitative estimate of drug-likeness (QED) is 0.793. The highest BCUT2D eigenvalue weighted by atomic mass is 79.9. The standard InChI is InChI=1S/C9H10BrFO/c10-6-9(12)5-7-2-1-3-8(11)4-7/h1-4,9,12H,5-6H2/t9-/m0/s1.